The van der Waals surface area contributed by atoms with E-state index >= 15 is 0 Å². The van der Waals surface area contributed by atoms with Crippen LogP contribution in [-0.4, -0.2) is 64.6 Å². The standard InChI is InChI=1S/C33H36N4O6S2/c1-20-7-9-21(10-8-20)32(38)37(23-13-15-35(16-14-23)45(2,41)42)27-18-29(44-30(27)33(39)40)22-11-12-24-28(17-22)43-19-36-26-6-4-3-5-25(26)34-31(24)36/h3-6,11-12,17-18,20-21,23H,7-10,13-16,19H2,1-2H3,(H,39,40). The highest BCUT2D eigenvalue weighted by Gasteiger charge is 2.38. The first-order valence-corrected chi connectivity index (χ1v) is 18.1. The number of ether oxygens (including phenoxy) is 1. The molecule has 2 aromatic carbocycles. The van der Waals surface area contributed by atoms with Crippen LogP contribution in [0.15, 0.2) is 48.5 Å². The maximum Gasteiger partial charge on any atom is 0.348 e. The second kappa shape index (κ2) is 11.6. The van der Waals surface area contributed by atoms with Gasteiger partial charge in [0.15, 0.2) is 6.73 Å². The van der Waals surface area contributed by atoms with Gasteiger partial charge in [-0.15, -0.1) is 11.3 Å². The lowest BCUT2D eigenvalue weighted by atomic mass is 9.82. The molecule has 10 nitrogen and oxygen atoms in total. The third-order valence-electron chi connectivity index (χ3n) is 9.54. The molecule has 236 valence electrons. The molecule has 2 aromatic heterocycles. The zero-order valence-corrected chi connectivity index (χ0v) is 26.9. The van der Waals surface area contributed by atoms with Gasteiger partial charge in [-0.05, 0) is 80.3 Å². The normalized spacial score (nSPS) is 20.8. The molecule has 12 heteroatoms. The Balaban J connectivity index is 1.25. The maximum atomic E-state index is 14.3. The molecular formula is C33H36N4O6S2. The number of para-hydroxylation sites is 2. The fraction of sp³-hybridized carbons (Fsp3) is 0.424. The second-order valence-electron chi connectivity index (χ2n) is 12.5. The van der Waals surface area contributed by atoms with Crippen molar-refractivity contribution in [1.29, 1.82) is 0 Å². The lowest BCUT2D eigenvalue weighted by molar-refractivity contribution is -0.124. The molecule has 0 spiro atoms. The molecular weight excluding hydrogens is 613 g/mol. The summed E-state index contributed by atoms with van der Waals surface area (Å²) in [7, 11) is -3.35. The number of carboxylic acids is 1. The van der Waals surface area contributed by atoms with Crippen LogP contribution in [0.25, 0.3) is 32.9 Å². The Morgan fingerprint density at radius 2 is 1.76 bits per heavy atom. The number of nitrogens with zero attached hydrogens (tertiary/aromatic N) is 4. The molecule has 4 heterocycles. The SMILES string of the molecule is CC1CCC(C(=O)N(c2cc(-c3ccc4c(c3)OCn3c-4nc4ccccc43)sc2C(=O)O)C2CCN(S(C)(=O)=O)CC2)CC1. The Hall–Kier alpha value is -3.74. The summed E-state index contributed by atoms with van der Waals surface area (Å²) in [6, 6.07) is 15.3. The van der Waals surface area contributed by atoms with Crippen LogP contribution < -0.4 is 9.64 Å². The van der Waals surface area contributed by atoms with Gasteiger partial charge in [-0.1, -0.05) is 25.1 Å². The number of carbonyl (C=O) groups excluding carboxylic acids is 1. The van der Waals surface area contributed by atoms with E-state index in [2.05, 4.69) is 6.92 Å². The molecule has 4 aromatic rings. The van der Waals surface area contributed by atoms with Gasteiger partial charge in [0.25, 0.3) is 0 Å². The van der Waals surface area contributed by atoms with Crippen LogP contribution in [0.3, 0.4) is 0 Å². The number of carbonyl (C=O) groups is 2. The molecule has 3 aliphatic rings. The molecule has 2 aliphatic heterocycles. The van der Waals surface area contributed by atoms with E-state index in [0.29, 0.717) is 50.0 Å². The highest BCUT2D eigenvalue weighted by molar-refractivity contribution is 7.88. The molecule has 0 atom stereocenters. The minimum absolute atomic E-state index is 0.0563. The van der Waals surface area contributed by atoms with E-state index in [0.717, 1.165) is 69.9 Å². The summed E-state index contributed by atoms with van der Waals surface area (Å²) in [6.45, 7) is 3.10. The molecule has 0 bridgehead atoms. The molecule has 1 N–H and O–H groups in total. The highest BCUT2D eigenvalue weighted by Crippen LogP contribution is 2.44. The number of anilines is 1. The Morgan fingerprint density at radius 3 is 2.47 bits per heavy atom. The first kappa shape index (κ1) is 29.9. The summed E-state index contributed by atoms with van der Waals surface area (Å²) in [5.74, 6) is 0.716. The van der Waals surface area contributed by atoms with Crippen LogP contribution in [0.4, 0.5) is 5.69 Å². The average molecular weight is 649 g/mol. The number of aromatic nitrogens is 2. The van der Waals surface area contributed by atoms with Crippen molar-refractivity contribution in [2.45, 2.75) is 58.2 Å². The van der Waals surface area contributed by atoms with Crippen LogP contribution in [0.1, 0.15) is 55.1 Å². The van der Waals surface area contributed by atoms with E-state index in [-0.39, 0.29) is 22.7 Å². The number of benzene rings is 2. The number of imidazole rings is 1. The molecule has 0 unspecified atom stereocenters. The predicted molar refractivity (Wildman–Crippen MR) is 174 cm³/mol. The number of hydrogen-bond acceptors (Lipinski definition) is 7. The average Bonchev–Trinajstić information content (AvgIpc) is 3.64. The monoisotopic (exact) mass is 648 g/mol. The van der Waals surface area contributed by atoms with Gasteiger partial charge in [0.2, 0.25) is 15.9 Å². The summed E-state index contributed by atoms with van der Waals surface area (Å²) in [6.07, 6.45) is 5.54. The van der Waals surface area contributed by atoms with Crippen molar-refractivity contribution in [3.8, 4) is 27.6 Å². The van der Waals surface area contributed by atoms with Crippen molar-refractivity contribution in [2.75, 3.05) is 24.2 Å². The Labute approximate surface area is 266 Å². The number of hydrogen-bond donors (Lipinski definition) is 1. The lowest BCUT2D eigenvalue weighted by Gasteiger charge is -2.40. The number of piperidine rings is 1. The summed E-state index contributed by atoms with van der Waals surface area (Å²) in [5.41, 5.74) is 3.93. The van der Waals surface area contributed by atoms with Gasteiger partial charge in [0, 0.05) is 29.9 Å². The van der Waals surface area contributed by atoms with Crippen LogP contribution in [0, 0.1) is 11.8 Å². The highest BCUT2D eigenvalue weighted by atomic mass is 32.2. The van der Waals surface area contributed by atoms with Crippen LogP contribution in [-0.2, 0) is 21.5 Å². The third-order valence-corrected chi connectivity index (χ3v) is 12.0. The molecule has 2 fully saturated rings. The molecule has 1 aliphatic carbocycles. The summed E-state index contributed by atoms with van der Waals surface area (Å²) in [5, 5.41) is 10.4. The lowest BCUT2D eigenvalue weighted by Crippen LogP contribution is -2.51. The first-order valence-electron chi connectivity index (χ1n) is 15.5. The van der Waals surface area contributed by atoms with E-state index < -0.39 is 16.0 Å². The number of sulfonamides is 1. The Kier molecular flexibility index (Phi) is 7.69. The quantitative estimate of drug-likeness (QED) is 0.270. The largest absolute Gasteiger partial charge is 0.477 e. The number of amides is 1. The minimum atomic E-state index is -3.35. The molecule has 45 heavy (non-hydrogen) atoms. The zero-order valence-electron chi connectivity index (χ0n) is 25.3. The summed E-state index contributed by atoms with van der Waals surface area (Å²) in [4.78, 5) is 34.3. The first-order chi connectivity index (χ1) is 21.6. The topological polar surface area (TPSA) is 122 Å². The molecule has 7 rings (SSSR count). The van der Waals surface area contributed by atoms with E-state index in [1.54, 1.807) is 4.90 Å². The van der Waals surface area contributed by atoms with Crippen LogP contribution in [0.5, 0.6) is 5.75 Å². The van der Waals surface area contributed by atoms with Gasteiger partial charge < -0.3 is 14.7 Å². The number of aromatic carboxylic acids is 1. The second-order valence-corrected chi connectivity index (χ2v) is 15.6. The number of rotatable bonds is 6. The predicted octanol–water partition coefficient (Wildman–Crippen LogP) is 6.06. The van der Waals surface area contributed by atoms with Gasteiger partial charge in [-0.3, -0.25) is 9.36 Å². The van der Waals surface area contributed by atoms with Crippen molar-refractivity contribution in [3.63, 3.8) is 0 Å². The third kappa shape index (κ3) is 5.53. The van der Waals surface area contributed by atoms with E-state index in [9.17, 15) is 23.1 Å². The van der Waals surface area contributed by atoms with E-state index in [4.69, 9.17) is 9.72 Å². The summed E-state index contributed by atoms with van der Waals surface area (Å²) < 4.78 is 34.1. The Morgan fingerprint density at radius 1 is 1.02 bits per heavy atom. The van der Waals surface area contributed by atoms with Crippen molar-refractivity contribution >= 4 is 50.0 Å². The fourth-order valence-corrected chi connectivity index (χ4v) is 8.87. The van der Waals surface area contributed by atoms with Gasteiger partial charge in [-0.2, -0.15) is 0 Å². The molecule has 1 saturated heterocycles. The maximum absolute atomic E-state index is 14.3. The number of fused-ring (bicyclic) bond motifs is 5. The fourth-order valence-electron chi connectivity index (χ4n) is 7.01. The zero-order chi connectivity index (χ0) is 31.5. The molecule has 1 saturated carbocycles. The van der Waals surface area contributed by atoms with E-state index in [1.807, 2.05) is 53.1 Å². The van der Waals surface area contributed by atoms with Crippen molar-refractivity contribution < 1.29 is 27.9 Å². The summed E-state index contributed by atoms with van der Waals surface area (Å²) >= 11 is 1.15. The van der Waals surface area contributed by atoms with Gasteiger partial charge in [0.05, 0.1) is 28.5 Å². The van der Waals surface area contributed by atoms with Crippen molar-refractivity contribution in [2.24, 2.45) is 11.8 Å². The minimum Gasteiger partial charge on any atom is -0.477 e. The van der Waals surface area contributed by atoms with Gasteiger partial charge >= 0.3 is 5.97 Å². The molecule has 1 amide bonds. The van der Waals surface area contributed by atoms with Crippen LogP contribution >= 0.6 is 11.3 Å². The number of thiophene rings is 1. The van der Waals surface area contributed by atoms with Crippen molar-refractivity contribution in [1.82, 2.24) is 13.9 Å². The smallest absolute Gasteiger partial charge is 0.348 e. The van der Waals surface area contributed by atoms with Crippen molar-refractivity contribution in [3.05, 3.63) is 53.4 Å². The Bertz CT molecular complexity index is 1900. The van der Waals surface area contributed by atoms with E-state index in [1.165, 1.54) is 10.6 Å². The number of carboxylic acid groups (broad SMARTS) is 1. The van der Waals surface area contributed by atoms with Gasteiger partial charge in [0.1, 0.15) is 16.5 Å². The molecule has 0 radical (unpaired) electrons. The van der Waals surface area contributed by atoms with Gasteiger partial charge in [-0.25, -0.2) is 22.5 Å². The van der Waals surface area contributed by atoms with Crippen LogP contribution in [0.2, 0.25) is 0 Å².